The number of fused-ring (bicyclic) bond motifs is 1. The molecule has 0 radical (unpaired) electrons. The van der Waals surface area contributed by atoms with Gasteiger partial charge < -0.3 is 0 Å². The van der Waals surface area contributed by atoms with Gasteiger partial charge in [-0.05, 0) is 37.3 Å². The summed E-state index contributed by atoms with van der Waals surface area (Å²) >= 11 is 0. The Kier molecular flexibility index (Phi) is 3.23. The van der Waals surface area contributed by atoms with Crippen LogP contribution in [0, 0.1) is 12.7 Å². The summed E-state index contributed by atoms with van der Waals surface area (Å²) < 4.78 is 16.1. The largest absolute Gasteiger partial charge is 0.300 e. The number of rotatable bonds is 2. The Morgan fingerprint density at radius 1 is 1.00 bits per heavy atom. The molecule has 0 aliphatic rings. The number of hydrogen-bond donors (Lipinski definition) is 0. The minimum absolute atomic E-state index is 0.221. The summed E-state index contributed by atoms with van der Waals surface area (Å²) in [6.07, 6.45) is 3.36. The molecule has 0 spiro atoms. The van der Waals surface area contributed by atoms with Crippen molar-refractivity contribution in [3.63, 3.8) is 0 Å². The van der Waals surface area contributed by atoms with Crippen LogP contribution in [-0.4, -0.2) is 19.2 Å². The van der Waals surface area contributed by atoms with Crippen LogP contribution in [0.15, 0.2) is 65.7 Å². The first-order chi connectivity index (χ1) is 11.6. The monoisotopic (exact) mass is 320 g/mol. The maximum Gasteiger partial charge on any atom is 0.300 e. The van der Waals surface area contributed by atoms with Crippen molar-refractivity contribution in [1.82, 2.24) is 19.2 Å². The zero-order valence-electron chi connectivity index (χ0n) is 12.8. The highest BCUT2D eigenvalue weighted by atomic mass is 19.1. The molecule has 4 rings (SSSR count). The Hall–Kier alpha value is -3.28. The zero-order chi connectivity index (χ0) is 16.7. The van der Waals surface area contributed by atoms with Gasteiger partial charge in [-0.3, -0.25) is 13.8 Å². The minimum Gasteiger partial charge on any atom is -0.280 e. The average molecular weight is 320 g/mol. The molecule has 4 aromatic rings. The van der Waals surface area contributed by atoms with Gasteiger partial charge in [0.25, 0.3) is 0 Å². The fourth-order valence-electron chi connectivity index (χ4n) is 2.67. The third kappa shape index (κ3) is 2.28. The second-order valence-corrected chi connectivity index (χ2v) is 5.54. The van der Waals surface area contributed by atoms with Crippen molar-refractivity contribution < 1.29 is 4.39 Å². The van der Waals surface area contributed by atoms with E-state index in [4.69, 9.17) is 0 Å². The smallest absolute Gasteiger partial charge is 0.280 e. The SMILES string of the molecule is Cc1cccc(-c2nnc3c(=O)n(-c4ccc(F)cc4)ccn23)c1. The molecule has 118 valence electrons. The van der Waals surface area contributed by atoms with Gasteiger partial charge in [-0.1, -0.05) is 23.8 Å². The van der Waals surface area contributed by atoms with E-state index >= 15 is 0 Å². The first-order valence-electron chi connectivity index (χ1n) is 7.43. The van der Waals surface area contributed by atoms with Crippen molar-refractivity contribution >= 4 is 5.65 Å². The summed E-state index contributed by atoms with van der Waals surface area (Å²) in [4.78, 5) is 12.7. The number of benzene rings is 2. The molecule has 0 saturated carbocycles. The fraction of sp³-hybridized carbons (Fsp3) is 0.0556. The van der Waals surface area contributed by atoms with Crippen molar-refractivity contribution in [3.8, 4) is 17.1 Å². The molecule has 0 fully saturated rings. The molecule has 5 nitrogen and oxygen atoms in total. The number of aromatic nitrogens is 4. The Morgan fingerprint density at radius 2 is 1.79 bits per heavy atom. The quantitative estimate of drug-likeness (QED) is 0.570. The number of nitrogens with zero attached hydrogens (tertiary/aromatic N) is 4. The number of halogens is 1. The maximum atomic E-state index is 13.1. The van der Waals surface area contributed by atoms with Gasteiger partial charge in [-0.15, -0.1) is 10.2 Å². The van der Waals surface area contributed by atoms with E-state index in [1.165, 1.54) is 16.7 Å². The summed E-state index contributed by atoms with van der Waals surface area (Å²) in [7, 11) is 0. The van der Waals surface area contributed by atoms with Gasteiger partial charge >= 0.3 is 5.56 Å². The zero-order valence-corrected chi connectivity index (χ0v) is 12.8. The van der Waals surface area contributed by atoms with Crippen LogP contribution in [0.25, 0.3) is 22.7 Å². The van der Waals surface area contributed by atoms with Gasteiger partial charge in [0.2, 0.25) is 5.65 Å². The van der Waals surface area contributed by atoms with Crippen molar-refractivity contribution in [2.75, 3.05) is 0 Å². The van der Waals surface area contributed by atoms with E-state index in [-0.39, 0.29) is 17.0 Å². The van der Waals surface area contributed by atoms with E-state index in [0.29, 0.717) is 11.5 Å². The molecular formula is C18H13FN4O. The third-order valence-electron chi connectivity index (χ3n) is 3.85. The van der Waals surface area contributed by atoms with E-state index in [0.717, 1.165) is 11.1 Å². The Morgan fingerprint density at radius 3 is 2.54 bits per heavy atom. The Labute approximate surface area is 136 Å². The van der Waals surface area contributed by atoms with Crippen LogP contribution in [-0.2, 0) is 0 Å². The molecule has 2 heterocycles. The lowest BCUT2D eigenvalue weighted by Gasteiger charge is -2.06. The highest BCUT2D eigenvalue weighted by Gasteiger charge is 2.13. The standard InChI is InChI=1S/C18H13FN4O/c1-12-3-2-4-13(11-12)16-20-21-17-18(24)22(9-10-23(16)17)15-7-5-14(19)6-8-15/h2-11H,1H3. The highest BCUT2D eigenvalue weighted by molar-refractivity contribution is 5.60. The van der Waals surface area contributed by atoms with Gasteiger partial charge in [-0.2, -0.15) is 0 Å². The maximum absolute atomic E-state index is 13.1. The second kappa shape index (κ2) is 5.42. The summed E-state index contributed by atoms with van der Waals surface area (Å²) in [5.41, 5.74) is 2.48. The van der Waals surface area contributed by atoms with Crippen molar-refractivity contribution in [1.29, 1.82) is 0 Å². The molecule has 2 aromatic heterocycles. The van der Waals surface area contributed by atoms with Crippen LogP contribution in [0.3, 0.4) is 0 Å². The number of aryl methyl sites for hydroxylation is 1. The van der Waals surface area contributed by atoms with Crippen molar-refractivity contribution in [3.05, 3.63) is 82.7 Å². The van der Waals surface area contributed by atoms with Gasteiger partial charge in [0, 0.05) is 23.6 Å². The van der Waals surface area contributed by atoms with Gasteiger partial charge in [0.1, 0.15) is 5.82 Å². The van der Waals surface area contributed by atoms with Crippen molar-refractivity contribution in [2.24, 2.45) is 0 Å². The molecule has 0 unspecified atom stereocenters. The summed E-state index contributed by atoms with van der Waals surface area (Å²) in [5.74, 6) is 0.258. The van der Waals surface area contributed by atoms with E-state index < -0.39 is 0 Å². The Balaban J connectivity index is 1.90. The predicted octanol–water partition coefficient (Wildman–Crippen LogP) is 2.99. The predicted molar refractivity (Wildman–Crippen MR) is 88.7 cm³/mol. The molecule has 0 amide bonds. The minimum atomic E-state index is -0.350. The molecule has 0 N–H and O–H groups in total. The molecule has 0 atom stereocenters. The molecule has 6 heteroatoms. The lowest BCUT2D eigenvalue weighted by Crippen LogP contribution is -2.20. The fourth-order valence-corrected chi connectivity index (χ4v) is 2.67. The lowest BCUT2D eigenvalue weighted by molar-refractivity contribution is 0.627. The van der Waals surface area contributed by atoms with E-state index in [1.54, 1.807) is 28.9 Å². The van der Waals surface area contributed by atoms with Crippen LogP contribution < -0.4 is 5.56 Å². The molecule has 0 bridgehead atoms. The highest BCUT2D eigenvalue weighted by Crippen LogP contribution is 2.18. The van der Waals surface area contributed by atoms with E-state index in [2.05, 4.69) is 10.2 Å². The van der Waals surface area contributed by atoms with Gasteiger partial charge in [0.05, 0.1) is 0 Å². The average Bonchev–Trinajstić information content (AvgIpc) is 3.01. The summed E-state index contributed by atoms with van der Waals surface area (Å²) in [6.45, 7) is 1.99. The first kappa shape index (κ1) is 14.3. The third-order valence-corrected chi connectivity index (χ3v) is 3.85. The van der Waals surface area contributed by atoms with Crippen LogP contribution in [0.5, 0.6) is 0 Å². The molecule has 0 aliphatic carbocycles. The van der Waals surface area contributed by atoms with Gasteiger partial charge in [-0.25, -0.2) is 4.39 Å². The van der Waals surface area contributed by atoms with Crippen LogP contribution in [0.4, 0.5) is 4.39 Å². The molecule has 24 heavy (non-hydrogen) atoms. The molecule has 2 aromatic carbocycles. The topological polar surface area (TPSA) is 52.2 Å². The van der Waals surface area contributed by atoms with E-state index in [9.17, 15) is 9.18 Å². The number of hydrogen-bond acceptors (Lipinski definition) is 3. The Bertz CT molecular complexity index is 1100. The molecule has 0 saturated heterocycles. The lowest BCUT2D eigenvalue weighted by atomic mass is 10.1. The molecule has 0 aliphatic heterocycles. The van der Waals surface area contributed by atoms with Crippen LogP contribution >= 0.6 is 0 Å². The molecular weight excluding hydrogens is 307 g/mol. The van der Waals surface area contributed by atoms with E-state index in [1.807, 2.05) is 31.2 Å². The van der Waals surface area contributed by atoms with Crippen molar-refractivity contribution in [2.45, 2.75) is 6.92 Å². The van der Waals surface area contributed by atoms with Crippen LogP contribution in [0.1, 0.15) is 5.56 Å². The summed E-state index contributed by atoms with van der Waals surface area (Å²) in [5, 5.41) is 8.19. The first-order valence-corrected chi connectivity index (χ1v) is 7.43. The van der Waals surface area contributed by atoms with Crippen LogP contribution in [0.2, 0.25) is 0 Å². The summed E-state index contributed by atoms with van der Waals surface area (Å²) in [6, 6.07) is 13.6. The second-order valence-electron chi connectivity index (χ2n) is 5.54. The van der Waals surface area contributed by atoms with Gasteiger partial charge in [0.15, 0.2) is 5.82 Å². The normalized spacial score (nSPS) is 11.1.